The van der Waals surface area contributed by atoms with E-state index in [9.17, 15) is 9.90 Å². The van der Waals surface area contributed by atoms with Crippen LogP contribution in [0.2, 0.25) is 5.02 Å². The molecule has 5 rings (SSSR count). The van der Waals surface area contributed by atoms with E-state index in [1.54, 1.807) is 19.3 Å². The van der Waals surface area contributed by atoms with Gasteiger partial charge in [0.05, 0.1) is 46.7 Å². The Morgan fingerprint density at radius 3 is 2.62 bits per heavy atom. The summed E-state index contributed by atoms with van der Waals surface area (Å²) in [5.41, 5.74) is 7.08. The third kappa shape index (κ3) is 3.63. The molecule has 5 aromatic rings. The van der Waals surface area contributed by atoms with Gasteiger partial charge in [0.2, 0.25) is 0 Å². The van der Waals surface area contributed by atoms with Crippen LogP contribution in [0.25, 0.3) is 32.8 Å². The molecule has 0 saturated heterocycles. The zero-order valence-electron chi connectivity index (χ0n) is 19.4. The molecule has 0 aliphatic heterocycles. The molecule has 0 aliphatic carbocycles. The number of ether oxygens (including phenoxy) is 1. The van der Waals surface area contributed by atoms with Crippen molar-refractivity contribution in [2.24, 2.45) is 0 Å². The highest BCUT2D eigenvalue weighted by Gasteiger charge is 2.15. The number of aryl methyl sites for hydroxylation is 3. The molecule has 0 bridgehead atoms. The Bertz CT molecular complexity index is 1560. The van der Waals surface area contributed by atoms with Crippen LogP contribution in [-0.4, -0.2) is 31.8 Å². The molecule has 0 aliphatic rings. The van der Waals surface area contributed by atoms with E-state index in [4.69, 9.17) is 16.3 Å². The summed E-state index contributed by atoms with van der Waals surface area (Å²) in [7, 11) is 0. The molecule has 34 heavy (non-hydrogen) atoms. The molecule has 0 saturated carbocycles. The van der Waals surface area contributed by atoms with Gasteiger partial charge in [0, 0.05) is 29.4 Å². The minimum absolute atomic E-state index is 0.282. The van der Waals surface area contributed by atoms with Crippen LogP contribution in [0.15, 0.2) is 48.8 Å². The van der Waals surface area contributed by atoms with Gasteiger partial charge >= 0.3 is 5.97 Å². The predicted molar refractivity (Wildman–Crippen MR) is 136 cm³/mol. The van der Waals surface area contributed by atoms with Gasteiger partial charge in [-0.3, -0.25) is 0 Å². The number of halogens is 1. The lowest BCUT2D eigenvalue weighted by Gasteiger charge is -2.08. The van der Waals surface area contributed by atoms with Gasteiger partial charge in [-0.15, -0.1) is 0 Å². The van der Waals surface area contributed by atoms with Crippen molar-refractivity contribution < 1.29 is 14.6 Å². The smallest absolute Gasteiger partial charge is 0.336 e. The summed E-state index contributed by atoms with van der Waals surface area (Å²) >= 11 is 6.71. The highest BCUT2D eigenvalue weighted by Crippen LogP contribution is 2.36. The largest absolute Gasteiger partial charge is 0.478 e. The molecule has 6 nitrogen and oxygen atoms in total. The summed E-state index contributed by atoms with van der Waals surface area (Å²) in [4.78, 5) is 15.8. The molecule has 0 spiro atoms. The van der Waals surface area contributed by atoms with E-state index in [0.717, 1.165) is 44.5 Å². The van der Waals surface area contributed by atoms with Crippen molar-refractivity contribution in [1.82, 2.24) is 14.1 Å². The summed E-state index contributed by atoms with van der Waals surface area (Å²) in [6.07, 6.45) is 1.74. The lowest BCUT2D eigenvalue weighted by atomic mass is 10.1. The molecule has 1 N–H and O–H groups in total. The second-order valence-corrected chi connectivity index (χ2v) is 8.97. The van der Waals surface area contributed by atoms with E-state index in [1.165, 1.54) is 5.52 Å². The first kappa shape index (κ1) is 22.4. The van der Waals surface area contributed by atoms with Crippen LogP contribution >= 0.6 is 11.6 Å². The average Bonchev–Trinajstić information content (AvgIpc) is 3.38. The number of hydrogen-bond acceptors (Lipinski definition) is 3. The molecule has 2 aromatic heterocycles. The van der Waals surface area contributed by atoms with Crippen LogP contribution in [0.5, 0.6) is 0 Å². The maximum absolute atomic E-state index is 11.4. The zero-order valence-corrected chi connectivity index (χ0v) is 20.2. The van der Waals surface area contributed by atoms with Crippen LogP contribution in [0.4, 0.5) is 0 Å². The third-order valence-corrected chi connectivity index (χ3v) is 7.05. The number of hydrogen-bond donors (Lipinski definition) is 1. The van der Waals surface area contributed by atoms with Gasteiger partial charge in [-0.25, -0.2) is 9.78 Å². The van der Waals surface area contributed by atoms with Crippen LogP contribution in [-0.2, 0) is 24.4 Å². The van der Waals surface area contributed by atoms with E-state index in [0.29, 0.717) is 30.8 Å². The number of imidazole rings is 1. The molecule has 0 radical (unpaired) electrons. The number of carboxylic acids is 1. The van der Waals surface area contributed by atoms with Gasteiger partial charge in [0.15, 0.2) is 0 Å². The Balaban J connectivity index is 1.34. The first-order chi connectivity index (χ1) is 16.4. The van der Waals surface area contributed by atoms with Crippen molar-refractivity contribution in [2.45, 2.75) is 40.5 Å². The monoisotopic (exact) mass is 475 g/mol. The number of aromatic carboxylic acids is 1. The van der Waals surface area contributed by atoms with Crippen LogP contribution in [0.1, 0.15) is 34.0 Å². The molecule has 0 amide bonds. The average molecular weight is 476 g/mol. The lowest BCUT2D eigenvalue weighted by Crippen LogP contribution is -2.06. The fourth-order valence-corrected chi connectivity index (χ4v) is 5.02. The van der Waals surface area contributed by atoms with E-state index in [-0.39, 0.29) is 5.56 Å². The maximum Gasteiger partial charge on any atom is 0.336 e. The topological polar surface area (TPSA) is 69.3 Å². The predicted octanol–water partition coefficient (Wildman–Crippen LogP) is 6.35. The first-order valence-corrected chi connectivity index (χ1v) is 11.7. The summed E-state index contributed by atoms with van der Waals surface area (Å²) < 4.78 is 10.3. The van der Waals surface area contributed by atoms with Crippen molar-refractivity contribution in [3.8, 4) is 0 Å². The molecular weight excluding hydrogens is 450 g/mol. The Morgan fingerprint density at radius 2 is 1.85 bits per heavy atom. The fourth-order valence-electron chi connectivity index (χ4n) is 4.76. The van der Waals surface area contributed by atoms with Crippen molar-refractivity contribution in [1.29, 1.82) is 0 Å². The SMILES string of the molecule is CCn1c2ccc(COCCn3cnc4c(C)c(C(=O)O)ccc43)cc2c2c(Cl)c(C)ccc21. The van der Waals surface area contributed by atoms with Gasteiger partial charge in [0.1, 0.15) is 0 Å². The fraction of sp³-hybridized carbons (Fsp3) is 0.259. The van der Waals surface area contributed by atoms with Crippen molar-refractivity contribution in [3.63, 3.8) is 0 Å². The standard InChI is InChI=1S/C27H26ClN3O3/c1-4-31-21-9-6-18(13-20(21)24-22(31)8-5-16(2)25(24)28)14-34-12-11-30-15-29-26-17(3)19(27(32)33)7-10-23(26)30/h5-10,13,15H,4,11-12,14H2,1-3H3,(H,32,33). The van der Waals surface area contributed by atoms with Gasteiger partial charge in [-0.05, 0) is 67.8 Å². The highest BCUT2D eigenvalue weighted by atomic mass is 35.5. The number of aromatic nitrogens is 3. The molecular formula is C27H26ClN3O3. The number of benzene rings is 3. The minimum atomic E-state index is -0.937. The van der Waals surface area contributed by atoms with Gasteiger partial charge in [-0.1, -0.05) is 23.7 Å². The van der Waals surface area contributed by atoms with Crippen LogP contribution in [0.3, 0.4) is 0 Å². The summed E-state index contributed by atoms with van der Waals surface area (Å²) in [5.74, 6) is -0.937. The Labute approximate surface area is 202 Å². The normalized spacial score (nSPS) is 11.8. The maximum atomic E-state index is 11.4. The van der Waals surface area contributed by atoms with Gasteiger partial charge in [-0.2, -0.15) is 0 Å². The Morgan fingerprint density at radius 1 is 1.09 bits per heavy atom. The van der Waals surface area contributed by atoms with Crippen molar-refractivity contribution in [2.75, 3.05) is 6.61 Å². The van der Waals surface area contributed by atoms with E-state index in [1.807, 2.05) is 17.6 Å². The quantitative estimate of drug-likeness (QED) is 0.278. The molecule has 3 aromatic carbocycles. The van der Waals surface area contributed by atoms with Crippen molar-refractivity contribution in [3.05, 3.63) is 76.1 Å². The Hall–Kier alpha value is -3.35. The van der Waals surface area contributed by atoms with E-state index >= 15 is 0 Å². The van der Waals surface area contributed by atoms with E-state index in [2.05, 4.69) is 46.8 Å². The molecule has 174 valence electrons. The minimum Gasteiger partial charge on any atom is -0.478 e. The van der Waals surface area contributed by atoms with Crippen LogP contribution in [0, 0.1) is 13.8 Å². The summed E-state index contributed by atoms with van der Waals surface area (Å²) in [6, 6.07) is 14.1. The number of rotatable bonds is 7. The zero-order chi connectivity index (χ0) is 24.0. The number of nitrogens with zero attached hydrogens (tertiary/aromatic N) is 3. The molecule has 0 fully saturated rings. The Kier molecular flexibility index (Phi) is 5.80. The van der Waals surface area contributed by atoms with Crippen molar-refractivity contribution >= 4 is 50.4 Å². The van der Waals surface area contributed by atoms with E-state index < -0.39 is 5.97 Å². The highest BCUT2D eigenvalue weighted by molar-refractivity contribution is 6.38. The molecule has 0 atom stereocenters. The second kappa shape index (κ2) is 8.78. The lowest BCUT2D eigenvalue weighted by molar-refractivity contribution is 0.0696. The van der Waals surface area contributed by atoms with Gasteiger partial charge in [0.25, 0.3) is 0 Å². The van der Waals surface area contributed by atoms with Gasteiger partial charge < -0.3 is 19.0 Å². The number of carbonyl (C=O) groups is 1. The second-order valence-electron chi connectivity index (χ2n) is 8.59. The number of fused-ring (bicyclic) bond motifs is 4. The molecule has 7 heteroatoms. The number of carboxylic acid groups (broad SMARTS) is 1. The summed E-state index contributed by atoms with van der Waals surface area (Å²) in [5, 5.41) is 12.4. The van der Waals surface area contributed by atoms with Crippen LogP contribution < -0.4 is 0 Å². The molecule has 0 unspecified atom stereocenters. The molecule has 2 heterocycles. The summed E-state index contributed by atoms with van der Waals surface area (Å²) in [6.45, 7) is 8.49. The third-order valence-electron chi connectivity index (χ3n) is 6.56. The first-order valence-electron chi connectivity index (χ1n) is 11.4.